The molecule has 10 nitrogen and oxygen atoms in total. The second-order valence-electron chi connectivity index (χ2n) is 7.43. The molecule has 32 heavy (non-hydrogen) atoms. The number of aryl methyl sites for hydroxylation is 1. The van der Waals surface area contributed by atoms with E-state index >= 15 is 0 Å². The molecule has 1 heterocycles. The normalized spacial score (nSPS) is 10.6. The lowest BCUT2D eigenvalue weighted by atomic mass is 10.2. The average Bonchev–Trinajstić information content (AvgIpc) is 3.18. The lowest BCUT2D eigenvalue weighted by Crippen LogP contribution is -2.45. The summed E-state index contributed by atoms with van der Waals surface area (Å²) in [5.41, 5.74) is 1.34. The Morgan fingerprint density at radius 3 is 2.44 bits per heavy atom. The van der Waals surface area contributed by atoms with E-state index in [2.05, 4.69) is 5.32 Å². The third-order valence-corrected chi connectivity index (χ3v) is 5.05. The molecule has 0 radical (unpaired) electrons. The molecule has 0 aliphatic heterocycles. The van der Waals surface area contributed by atoms with Crippen LogP contribution in [0.2, 0.25) is 0 Å². The molecule has 2 rings (SSSR count). The number of carbonyl (C=O) groups excluding carboxylic acids is 2. The molecular weight excluding hydrogens is 414 g/mol. The number of nitrogens with zero attached hydrogens (tertiary/aromatic N) is 4. The standard InChI is InChI=1S/C22H31N5O5/c1-4-5-13-26(22(29)23-18-8-10-19(11-9-18)27(30)31)17-21(28)25(14-15-32-3)16-20-7-6-12-24(20)2/h6-12H,4-5,13-17H2,1-3H3,(H,23,29). The Hall–Kier alpha value is -3.40. The summed E-state index contributed by atoms with van der Waals surface area (Å²) in [6.07, 6.45) is 3.53. The number of ether oxygens (including phenoxy) is 1. The van der Waals surface area contributed by atoms with Crippen molar-refractivity contribution in [2.75, 3.05) is 38.7 Å². The molecule has 1 aromatic carbocycles. The number of nitro groups is 1. The quantitative estimate of drug-likeness (QED) is 0.398. The average molecular weight is 446 g/mol. The number of hydrogen-bond acceptors (Lipinski definition) is 5. The van der Waals surface area contributed by atoms with E-state index in [9.17, 15) is 19.7 Å². The van der Waals surface area contributed by atoms with E-state index in [-0.39, 0.29) is 18.1 Å². The molecule has 0 aliphatic carbocycles. The molecule has 0 bridgehead atoms. The highest BCUT2D eigenvalue weighted by Crippen LogP contribution is 2.16. The van der Waals surface area contributed by atoms with E-state index < -0.39 is 11.0 Å². The van der Waals surface area contributed by atoms with E-state index in [1.54, 1.807) is 12.0 Å². The highest BCUT2D eigenvalue weighted by molar-refractivity contribution is 5.92. The molecular formula is C22H31N5O5. The molecule has 3 amide bonds. The number of anilines is 1. The van der Waals surface area contributed by atoms with Crippen LogP contribution in [0.5, 0.6) is 0 Å². The van der Waals surface area contributed by atoms with Gasteiger partial charge in [-0.1, -0.05) is 13.3 Å². The molecule has 0 unspecified atom stereocenters. The van der Waals surface area contributed by atoms with Gasteiger partial charge in [-0.3, -0.25) is 14.9 Å². The number of benzene rings is 1. The first kappa shape index (κ1) is 24.9. The molecule has 0 fully saturated rings. The van der Waals surface area contributed by atoms with Crippen molar-refractivity contribution in [2.45, 2.75) is 26.3 Å². The van der Waals surface area contributed by atoms with Gasteiger partial charge in [0.15, 0.2) is 0 Å². The fraction of sp³-hybridized carbons (Fsp3) is 0.455. The van der Waals surface area contributed by atoms with Crippen molar-refractivity contribution in [1.82, 2.24) is 14.4 Å². The Balaban J connectivity index is 2.09. The number of nitro benzene ring substituents is 1. The minimum absolute atomic E-state index is 0.0597. The van der Waals surface area contributed by atoms with Crippen LogP contribution in [-0.2, 0) is 23.1 Å². The second-order valence-corrected chi connectivity index (χ2v) is 7.43. The fourth-order valence-electron chi connectivity index (χ4n) is 3.08. The molecule has 1 aromatic heterocycles. The summed E-state index contributed by atoms with van der Waals surface area (Å²) in [7, 11) is 3.50. The van der Waals surface area contributed by atoms with Crippen LogP contribution in [0.4, 0.5) is 16.2 Å². The van der Waals surface area contributed by atoms with Crippen LogP contribution >= 0.6 is 0 Å². The van der Waals surface area contributed by atoms with Crippen LogP contribution in [0.25, 0.3) is 0 Å². The Labute approximate surface area is 187 Å². The third-order valence-electron chi connectivity index (χ3n) is 5.05. The van der Waals surface area contributed by atoms with Gasteiger partial charge in [-0.2, -0.15) is 0 Å². The Morgan fingerprint density at radius 1 is 1.16 bits per heavy atom. The number of urea groups is 1. The highest BCUT2D eigenvalue weighted by atomic mass is 16.6. The van der Waals surface area contributed by atoms with E-state index in [0.717, 1.165) is 18.5 Å². The van der Waals surface area contributed by atoms with Gasteiger partial charge in [0.1, 0.15) is 6.54 Å². The lowest BCUT2D eigenvalue weighted by molar-refractivity contribution is -0.384. The summed E-state index contributed by atoms with van der Waals surface area (Å²) in [6, 6.07) is 9.02. The number of rotatable bonds is 12. The summed E-state index contributed by atoms with van der Waals surface area (Å²) < 4.78 is 7.10. The van der Waals surface area contributed by atoms with Crippen molar-refractivity contribution in [3.05, 3.63) is 58.4 Å². The summed E-state index contributed by atoms with van der Waals surface area (Å²) in [5, 5.41) is 13.5. The molecule has 10 heteroatoms. The van der Waals surface area contributed by atoms with E-state index in [0.29, 0.717) is 31.9 Å². The van der Waals surface area contributed by atoms with Crippen LogP contribution in [-0.4, -0.2) is 64.6 Å². The number of hydrogen-bond donors (Lipinski definition) is 1. The van der Waals surface area contributed by atoms with Crippen molar-refractivity contribution in [3.8, 4) is 0 Å². The molecule has 0 aliphatic rings. The van der Waals surface area contributed by atoms with Crippen molar-refractivity contribution in [2.24, 2.45) is 7.05 Å². The Bertz CT molecular complexity index is 896. The Kier molecular flexibility index (Phi) is 9.68. The number of non-ortho nitro benzene ring substituents is 1. The van der Waals surface area contributed by atoms with Gasteiger partial charge in [0.2, 0.25) is 5.91 Å². The zero-order valence-corrected chi connectivity index (χ0v) is 18.8. The summed E-state index contributed by atoms with van der Waals surface area (Å²) >= 11 is 0. The zero-order chi connectivity index (χ0) is 23.5. The first-order valence-electron chi connectivity index (χ1n) is 10.5. The molecule has 1 N–H and O–H groups in total. The monoisotopic (exact) mass is 445 g/mol. The zero-order valence-electron chi connectivity index (χ0n) is 18.8. The minimum atomic E-state index is -0.501. The van der Waals surface area contributed by atoms with E-state index in [1.165, 1.54) is 29.2 Å². The lowest BCUT2D eigenvalue weighted by Gasteiger charge is -2.28. The van der Waals surface area contributed by atoms with Crippen LogP contribution in [0, 0.1) is 10.1 Å². The SMILES string of the molecule is CCCCN(CC(=O)N(CCOC)Cc1cccn1C)C(=O)Nc1ccc([N+](=O)[O-])cc1. The molecule has 0 saturated carbocycles. The second kappa shape index (κ2) is 12.5. The van der Waals surface area contributed by atoms with Crippen molar-refractivity contribution in [1.29, 1.82) is 0 Å². The van der Waals surface area contributed by atoms with Gasteiger partial charge < -0.3 is 24.4 Å². The van der Waals surface area contributed by atoms with Gasteiger partial charge in [0.25, 0.3) is 5.69 Å². The maximum Gasteiger partial charge on any atom is 0.322 e. The van der Waals surface area contributed by atoms with Gasteiger partial charge in [-0.15, -0.1) is 0 Å². The number of unbranched alkanes of at least 4 members (excludes halogenated alkanes) is 1. The first-order valence-corrected chi connectivity index (χ1v) is 10.5. The topological polar surface area (TPSA) is 110 Å². The maximum absolute atomic E-state index is 13.1. The van der Waals surface area contributed by atoms with Crippen LogP contribution < -0.4 is 5.32 Å². The molecule has 2 aromatic rings. The van der Waals surface area contributed by atoms with Crippen molar-refractivity contribution >= 4 is 23.3 Å². The number of aromatic nitrogens is 1. The van der Waals surface area contributed by atoms with Gasteiger partial charge in [-0.25, -0.2) is 4.79 Å². The highest BCUT2D eigenvalue weighted by Gasteiger charge is 2.22. The third kappa shape index (κ3) is 7.38. The predicted molar refractivity (Wildman–Crippen MR) is 121 cm³/mol. The summed E-state index contributed by atoms with van der Waals surface area (Å²) in [5.74, 6) is -0.182. The Morgan fingerprint density at radius 2 is 1.88 bits per heavy atom. The van der Waals surface area contributed by atoms with Crippen LogP contribution in [0.1, 0.15) is 25.5 Å². The fourth-order valence-corrected chi connectivity index (χ4v) is 3.08. The number of carbonyl (C=O) groups is 2. The molecule has 0 spiro atoms. The van der Waals surface area contributed by atoms with E-state index in [1.807, 2.05) is 36.9 Å². The minimum Gasteiger partial charge on any atom is -0.383 e. The summed E-state index contributed by atoms with van der Waals surface area (Å²) in [4.78, 5) is 39.4. The molecule has 174 valence electrons. The van der Waals surface area contributed by atoms with Gasteiger partial charge in [-0.05, 0) is 30.7 Å². The summed E-state index contributed by atoms with van der Waals surface area (Å²) in [6.45, 7) is 3.56. The number of nitrogens with one attached hydrogen (secondary N) is 1. The van der Waals surface area contributed by atoms with Crippen molar-refractivity contribution in [3.63, 3.8) is 0 Å². The van der Waals surface area contributed by atoms with Crippen LogP contribution in [0.15, 0.2) is 42.6 Å². The first-order chi connectivity index (χ1) is 15.3. The predicted octanol–water partition coefficient (Wildman–Crippen LogP) is 3.24. The number of amides is 3. The van der Waals surface area contributed by atoms with Gasteiger partial charge in [0.05, 0.1) is 18.1 Å². The van der Waals surface area contributed by atoms with Crippen molar-refractivity contribution < 1.29 is 19.2 Å². The smallest absolute Gasteiger partial charge is 0.322 e. The molecule has 0 saturated heterocycles. The largest absolute Gasteiger partial charge is 0.383 e. The van der Waals surface area contributed by atoms with Gasteiger partial charge >= 0.3 is 6.03 Å². The molecule has 0 atom stereocenters. The van der Waals surface area contributed by atoms with E-state index in [4.69, 9.17) is 4.74 Å². The number of methoxy groups -OCH3 is 1. The maximum atomic E-state index is 13.1. The van der Waals surface area contributed by atoms with Gasteiger partial charge in [0, 0.05) is 57.0 Å². The van der Waals surface area contributed by atoms with Crippen LogP contribution in [0.3, 0.4) is 0 Å².